The molecule has 1 aromatic carbocycles. The van der Waals surface area contributed by atoms with Crippen LogP contribution >= 0.6 is 11.6 Å². The number of halogens is 1. The quantitative estimate of drug-likeness (QED) is 0.431. The van der Waals surface area contributed by atoms with E-state index in [1.807, 2.05) is 19.2 Å². The first kappa shape index (κ1) is 26.5. The molecule has 4 rings (SSSR count). The summed E-state index contributed by atoms with van der Waals surface area (Å²) < 4.78 is 5.54. The Labute approximate surface area is 209 Å². The number of carbonyl (C=O) groups excluding carboxylic acids is 1. The van der Waals surface area contributed by atoms with Crippen molar-refractivity contribution in [3.63, 3.8) is 0 Å². The van der Waals surface area contributed by atoms with Gasteiger partial charge in [-0.15, -0.1) is 0 Å². The Morgan fingerprint density at radius 3 is 2.47 bits per heavy atom. The minimum absolute atomic E-state index is 0.114. The van der Waals surface area contributed by atoms with Crippen molar-refractivity contribution < 1.29 is 9.53 Å². The minimum Gasteiger partial charge on any atom is -0.374 e. The fraction of sp³-hybridized carbons (Fsp3) is 0.556. The van der Waals surface area contributed by atoms with Crippen LogP contribution in [0, 0.1) is 5.92 Å². The van der Waals surface area contributed by atoms with Crippen LogP contribution in [0.25, 0.3) is 0 Å². The molecule has 7 heteroatoms. The zero-order chi connectivity index (χ0) is 24.3. The van der Waals surface area contributed by atoms with Crippen molar-refractivity contribution in [2.24, 2.45) is 5.92 Å². The Hall–Kier alpha value is -2.15. The van der Waals surface area contributed by atoms with Gasteiger partial charge in [0, 0.05) is 33.8 Å². The Kier molecular flexibility index (Phi) is 10.6. The lowest BCUT2D eigenvalue weighted by atomic mass is 9.92. The topological polar surface area (TPSA) is 57.7 Å². The number of hydrogen-bond donors (Lipinski definition) is 1. The highest BCUT2D eigenvalue weighted by atomic mass is 35.5. The van der Waals surface area contributed by atoms with E-state index in [0.29, 0.717) is 11.7 Å². The SMILES string of the molecule is CNCCCC1CCN(c2ccc(C(=O)N(C)C)c(Cl)n2)CC1.c1ccc(C2CCCO2)cc1. The molecule has 0 radical (unpaired) electrons. The van der Waals surface area contributed by atoms with E-state index in [1.165, 1.54) is 49.0 Å². The zero-order valence-corrected chi connectivity index (χ0v) is 21.6. The van der Waals surface area contributed by atoms with Gasteiger partial charge in [0.1, 0.15) is 11.0 Å². The molecule has 0 aliphatic carbocycles. The van der Waals surface area contributed by atoms with E-state index in [-0.39, 0.29) is 11.1 Å². The molecule has 0 saturated carbocycles. The number of pyridine rings is 1. The summed E-state index contributed by atoms with van der Waals surface area (Å²) in [6, 6.07) is 14.1. The van der Waals surface area contributed by atoms with Gasteiger partial charge in [-0.3, -0.25) is 4.79 Å². The number of piperidine rings is 1. The van der Waals surface area contributed by atoms with Gasteiger partial charge in [0.05, 0.1) is 11.7 Å². The second-order valence-corrected chi connectivity index (χ2v) is 9.65. The van der Waals surface area contributed by atoms with Gasteiger partial charge in [0.15, 0.2) is 0 Å². The van der Waals surface area contributed by atoms with Crippen LogP contribution in [-0.2, 0) is 4.74 Å². The highest BCUT2D eigenvalue weighted by molar-refractivity contribution is 6.32. The zero-order valence-electron chi connectivity index (χ0n) is 20.8. The van der Waals surface area contributed by atoms with Crippen molar-refractivity contribution in [3.8, 4) is 0 Å². The van der Waals surface area contributed by atoms with Crippen LogP contribution in [-0.4, -0.2) is 63.2 Å². The fourth-order valence-corrected chi connectivity index (χ4v) is 4.76. The third kappa shape index (κ3) is 7.69. The predicted octanol–water partition coefficient (Wildman–Crippen LogP) is 5.19. The Balaban J connectivity index is 0.000000243. The third-order valence-corrected chi connectivity index (χ3v) is 6.84. The molecule has 2 fully saturated rings. The van der Waals surface area contributed by atoms with Gasteiger partial charge in [-0.05, 0) is 75.7 Å². The molecule has 1 atom stereocenters. The molecule has 1 unspecified atom stereocenters. The molecular weight excluding hydrogens is 448 g/mol. The van der Waals surface area contributed by atoms with Crippen molar-refractivity contribution in [3.05, 3.63) is 58.7 Å². The van der Waals surface area contributed by atoms with Gasteiger partial charge in [0.2, 0.25) is 0 Å². The first-order valence-electron chi connectivity index (χ1n) is 12.4. The molecule has 0 spiro atoms. The first-order chi connectivity index (χ1) is 16.5. The molecule has 1 N–H and O–H groups in total. The van der Waals surface area contributed by atoms with E-state index >= 15 is 0 Å². The normalized spacial score (nSPS) is 18.4. The van der Waals surface area contributed by atoms with Gasteiger partial charge >= 0.3 is 0 Å². The summed E-state index contributed by atoms with van der Waals surface area (Å²) in [7, 11) is 5.43. The number of anilines is 1. The van der Waals surface area contributed by atoms with Gasteiger partial charge in [-0.1, -0.05) is 41.9 Å². The Bertz CT molecular complexity index is 879. The van der Waals surface area contributed by atoms with Crippen LogP contribution in [0.15, 0.2) is 42.5 Å². The summed E-state index contributed by atoms with van der Waals surface area (Å²) in [5.74, 6) is 1.57. The number of benzene rings is 1. The first-order valence-corrected chi connectivity index (χ1v) is 12.8. The summed E-state index contributed by atoms with van der Waals surface area (Å²) in [6.45, 7) is 4.04. The van der Waals surface area contributed by atoms with Crippen LogP contribution < -0.4 is 10.2 Å². The number of nitrogens with one attached hydrogen (secondary N) is 1. The van der Waals surface area contributed by atoms with Crippen molar-refractivity contribution in [1.29, 1.82) is 0 Å². The summed E-state index contributed by atoms with van der Waals surface area (Å²) in [5, 5.41) is 3.49. The molecule has 1 amide bonds. The molecule has 6 nitrogen and oxygen atoms in total. The third-order valence-electron chi connectivity index (χ3n) is 6.55. The lowest BCUT2D eigenvalue weighted by molar-refractivity contribution is 0.0827. The highest BCUT2D eigenvalue weighted by Crippen LogP contribution is 2.28. The average Bonchev–Trinajstić information content (AvgIpc) is 3.40. The maximum Gasteiger partial charge on any atom is 0.256 e. The smallest absolute Gasteiger partial charge is 0.256 e. The number of rotatable bonds is 7. The van der Waals surface area contributed by atoms with Crippen molar-refractivity contribution in [1.82, 2.24) is 15.2 Å². The lowest BCUT2D eigenvalue weighted by Crippen LogP contribution is -2.34. The van der Waals surface area contributed by atoms with E-state index in [1.54, 1.807) is 20.2 Å². The predicted molar refractivity (Wildman–Crippen MR) is 140 cm³/mol. The number of nitrogens with zero attached hydrogens (tertiary/aromatic N) is 3. The number of amides is 1. The molecule has 1 aromatic heterocycles. The molecule has 34 heavy (non-hydrogen) atoms. The van der Waals surface area contributed by atoms with Crippen molar-refractivity contribution in [2.45, 2.75) is 44.6 Å². The van der Waals surface area contributed by atoms with Crippen LogP contribution in [0.5, 0.6) is 0 Å². The standard InChI is InChI=1S/C17H27ClN4O.C10H12O/c1-19-10-4-5-13-8-11-22(12-9-13)15-7-6-14(16(18)20-15)17(23)21(2)3;1-2-5-9(6-3-1)10-7-4-8-11-10/h6-7,13,19H,4-5,8-12H2,1-3H3;1-3,5-6,10H,4,7-8H2. The monoisotopic (exact) mass is 486 g/mol. The summed E-state index contributed by atoms with van der Waals surface area (Å²) in [5.41, 5.74) is 1.78. The second kappa shape index (κ2) is 13.7. The Morgan fingerprint density at radius 1 is 1.15 bits per heavy atom. The van der Waals surface area contributed by atoms with Crippen molar-refractivity contribution in [2.75, 3.05) is 52.3 Å². The molecule has 2 saturated heterocycles. The minimum atomic E-state index is -0.114. The van der Waals surface area contributed by atoms with Gasteiger partial charge in [-0.2, -0.15) is 0 Å². The molecule has 2 aliphatic rings. The largest absolute Gasteiger partial charge is 0.374 e. The highest BCUT2D eigenvalue weighted by Gasteiger charge is 2.21. The van der Waals surface area contributed by atoms with Crippen LogP contribution in [0.3, 0.4) is 0 Å². The molecule has 0 bridgehead atoms. The fourth-order valence-electron chi connectivity index (χ4n) is 4.53. The van der Waals surface area contributed by atoms with Crippen molar-refractivity contribution >= 4 is 23.3 Å². The van der Waals surface area contributed by atoms with E-state index in [9.17, 15) is 4.79 Å². The average molecular weight is 487 g/mol. The summed E-state index contributed by atoms with van der Waals surface area (Å²) in [6.07, 6.45) is 7.69. The second-order valence-electron chi connectivity index (χ2n) is 9.30. The Morgan fingerprint density at radius 2 is 1.88 bits per heavy atom. The van der Waals surface area contributed by atoms with Crippen LogP contribution in [0.4, 0.5) is 5.82 Å². The maximum absolute atomic E-state index is 12.0. The summed E-state index contributed by atoms with van der Waals surface area (Å²) >= 11 is 6.21. The number of hydrogen-bond acceptors (Lipinski definition) is 5. The van der Waals surface area contributed by atoms with E-state index in [4.69, 9.17) is 16.3 Å². The maximum atomic E-state index is 12.0. The van der Waals surface area contributed by atoms with E-state index in [0.717, 1.165) is 38.0 Å². The molecule has 186 valence electrons. The molecular formula is C27H39ClN4O2. The molecule has 3 heterocycles. The number of carbonyl (C=O) groups is 1. The molecule has 2 aromatic rings. The van der Waals surface area contributed by atoms with Gasteiger partial charge in [0.25, 0.3) is 5.91 Å². The summed E-state index contributed by atoms with van der Waals surface area (Å²) in [4.78, 5) is 20.2. The lowest BCUT2D eigenvalue weighted by Gasteiger charge is -2.33. The van der Waals surface area contributed by atoms with Gasteiger partial charge in [-0.25, -0.2) is 4.98 Å². The van der Waals surface area contributed by atoms with Crippen LogP contribution in [0.2, 0.25) is 5.15 Å². The number of aromatic nitrogens is 1. The van der Waals surface area contributed by atoms with Crippen LogP contribution in [0.1, 0.15) is 60.6 Å². The van der Waals surface area contributed by atoms with E-state index < -0.39 is 0 Å². The number of ether oxygens (including phenoxy) is 1. The molecule has 2 aliphatic heterocycles. The van der Waals surface area contributed by atoms with E-state index in [2.05, 4.69) is 39.5 Å². The van der Waals surface area contributed by atoms with Gasteiger partial charge < -0.3 is 19.9 Å².